The van der Waals surface area contributed by atoms with Crippen LogP contribution in [-0.2, 0) is 13.2 Å². The molecule has 0 radical (unpaired) electrons. The fraction of sp³-hybridized carbons (Fsp3) is 0.400. The zero-order chi connectivity index (χ0) is 14.1. The summed E-state index contributed by atoms with van der Waals surface area (Å²) in [6.45, 7) is 0.887. The maximum Gasteiger partial charge on any atom is 0.185 e. The normalized spacial score (nSPS) is 14.6. The third-order valence-electron chi connectivity index (χ3n) is 3.48. The standard InChI is InChI=1S/C15H17ClN2OS/c1-18(8-10-2-6-12(16)7-3-10)15-17-14(11-4-5-11)13(9-19)20-15/h2-3,6-7,11,19H,4-5,8-9H2,1H3. The number of aromatic nitrogens is 1. The van der Waals surface area contributed by atoms with Crippen molar-refractivity contribution in [2.45, 2.75) is 31.9 Å². The van der Waals surface area contributed by atoms with Crippen molar-refractivity contribution < 1.29 is 5.11 Å². The molecular weight excluding hydrogens is 292 g/mol. The molecule has 2 aromatic rings. The summed E-state index contributed by atoms with van der Waals surface area (Å²) in [7, 11) is 2.03. The summed E-state index contributed by atoms with van der Waals surface area (Å²) >= 11 is 7.50. The molecule has 1 N–H and O–H groups in total. The second kappa shape index (κ2) is 5.72. The van der Waals surface area contributed by atoms with Crippen LogP contribution in [0.15, 0.2) is 24.3 Å². The second-order valence-electron chi connectivity index (χ2n) is 5.22. The van der Waals surface area contributed by atoms with Crippen LogP contribution < -0.4 is 4.90 Å². The van der Waals surface area contributed by atoms with Crippen molar-refractivity contribution in [3.8, 4) is 0 Å². The Morgan fingerprint density at radius 3 is 2.65 bits per heavy atom. The predicted molar refractivity (Wildman–Crippen MR) is 83.6 cm³/mol. The van der Waals surface area contributed by atoms with Gasteiger partial charge in [-0.1, -0.05) is 35.1 Å². The topological polar surface area (TPSA) is 36.4 Å². The number of aliphatic hydroxyl groups excluding tert-OH is 1. The molecule has 0 spiro atoms. The van der Waals surface area contributed by atoms with Crippen LogP contribution in [0.3, 0.4) is 0 Å². The Bertz CT molecular complexity index is 592. The van der Waals surface area contributed by atoms with Gasteiger partial charge in [-0.05, 0) is 30.5 Å². The zero-order valence-corrected chi connectivity index (χ0v) is 12.9. The number of anilines is 1. The molecule has 0 bridgehead atoms. The molecule has 3 nitrogen and oxygen atoms in total. The first-order chi connectivity index (χ1) is 9.67. The van der Waals surface area contributed by atoms with Crippen molar-refractivity contribution in [1.29, 1.82) is 0 Å². The first-order valence-electron chi connectivity index (χ1n) is 6.73. The summed E-state index contributed by atoms with van der Waals surface area (Å²) in [5.41, 5.74) is 2.31. The Labute approximate surface area is 127 Å². The number of thiazole rings is 1. The van der Waals surface area contributed by atoms with E-state index in [1.54, 1.807) is 11.3 Å². The Kier molecular flexibility index (Phi) is 3.96. The van der Waals surface area contributed by atoms with Crippen molar-refractivity contribution in [2.75, 3.05) is 11.9 Å². The van der Waals surface area contributed by atoms with Gasteiger partial charge >= 0.3 is 0 Å². The number of benzene rings is 1. The van der Waals surface area contributed by atoms with Crippen LogP contribution in [0.4, 0.5) is 5.13 Å². The minimum absolute atomic E-state index is 0.0955. The molecule has 1 fully saturated rings. The second-order valence-corrected chi connectivity index (χ2v) is 6.72. The number of hydrogen-bond acceptors (Lipinski definition) is 4. The van der Waals surface area contributed by atoms with E-state index in [0.717, 1.165) is 27.3 Å². The molecule has 0 amide bonds. The van der Waals surface area contributed by atoms with Gasteiger partial charge in [0.2, 0.25) is 0 Å². The van der Waals surface area contributed by atoms with Gasteiger partial charge in [-0.2, -0.15) is 0 Å². The van der Waals surface area contributed by atoms with Gasteiger partial charge in [0.15, 0.2) is 5.13 Å². The van der Waals surface area contributed by atoms with Crippen molar-refractivity contribution in [3.05, 3.63) is 45.4 Å². The lowest BCUT2D eigenvalue weighted by atomic mass is 10.2. The van der Waals surface area contributed by atoms with Gasteiger partial charge in [-0.25, -0.2) is 4.98 Å². The van der Waals surface area contributed by atoms with E-state index in [2.05, 4.69) is 4.90 Å². The molecule has 106 valence electrons. The fourth-order valence-electron chi connectivity index (χ4n) is 2.23. The van der Waals surface area contributed by atoms with Crippen molar-refractivity contribution in [2.24, 2.45) is 0 Å². The van der Waals surface area contributed by atoms with E-state index >= 15 is 0 Å². The van der Waals surface area contributed by atoms with E-state index in [1.165, 1.54) is 18.4 Å². The Hall–Kier alpha value is -1.10. The van der Waals surface area contributed by atoms with E-state index < -0.39 is 0 Å². The molecule has 3 rings (SSSR count). The maximum atomic E-state index is 9.45. The summed E-state index contributed by atoms with van der Waals surface area (Å²) in [6, 6.07) is 7.87. The van der Waals surface area contributed by atoms with E-state index in [0.29, 0.717) is 5.92 Å². The van der Waals surface area contributed by atoms with Crippen molar-refractivity contribution >= 4 is 28.1 Å². The lowest BCUT2D eigenvalue weighted by Gasteiger charge is -2.15. The van der Waals surface area contributed by atoms with Gasteiger partial charge in [-0.3, -0.25) is 0 Å². The maximum absolute atomic E-state index is 9.45. The van der Waals surface area contributed by atoms with Gasteiger partial charge in [0.05, 0.1) is 17.2 Å². The SMILES string of the molecule is CN(Cc1ccc(Cl)cc1)c1nc(C2CC2)c(CO)s1. The number of nitrogens with zero attached hydrogens (tertiary/aromatic N) is 2. The molecule has 5 heteroatoms. The largest absolute Gasteiger partial charge is 0.391 e. The van der Waals surface area contributed by atoms with Gasteiger partial charge in [0.1, 0.15) is 0 Å². The highest BCUT2D eigenvalue weighted by Gasteiger charge is 2.29. The Morgan fingerprint density at radius 1 is 1.35 bits per heavy atom. The lowest BCUT2D eigenvalue weighted by molar-refractivity contribution is 0.284. The quantitative estimate of drug-likeness (QED) is 0.912. The minimum Gasteiger partial charge on any atom is -0.391 e. The van der Waals surface area contributed by atoms with Crippen LogP contribution in [0.2, 0.25) is 5.02 Å². The van der Waals surface area contributed by atoms with Crippen molar-refractivity contribution in [1.82, 2.24) is 4.98 Å². The number of halogens is 1. The molecular formula is C15H17ClN2OS. The summed E-state index contributed by atoms with van der Waals surface area (Å²) in [5.74, 6) is 0.575. The van der Waals surface area contributed by atoms with E-state index in [1.807, 2.05) is 31.3 Å². The zero-order valence-electron chi connectivity index (χ0n) is 11.3. The number of aliphatic hydroxyl groups is 1. The monoisotopic (exact) mass is 308 g/mol. The molecule has 1 aliphatic rings. The molecule has 0 saturated heterocycles. The smallest absolute Gasteiger partial charge is 0.185 e. The van der Waals surface area contributed by atoms with E-state index in [4.69, 9.17) is 16.6 Å². The van der Waals surface area contributed by atoms with Crippen LogP contribution >= 0.6 is 22.9 Å². The average Bonchev–Trinajstić information content (AvgIpc) is 3.20. The van der Waals surface area contributed by atoms with Gasteiger partial charge in [0.25, 0.3) is 0 Å². The Balaban J connectivity index is 1.76. The lowest BCUT2D eigenvalue weighted by Crippen LogP contribution is -2.16. The molecule has 1 aromatic heterocycles. The molecule has 1 heterocycles. The highest BCUT2D eigenvalue weighted by atomic mass is 35.5. The van der Waals surface area contributed by atoms with E-state index in [9.17, 15) is 5.11 Å². The van der Waals surface area contributed by atoms with E-state index in [-0.39, 0.29) is 6.61 Å². The third-order valence-corrected chi connectivity index (χ3v) is 4.91. The van der Waals surface area contributed by atoms with Gasteiger partial charge in [0, 0.05) is 24.5 Å². The van der Waals surface area contributed by atoms with Crippen LogP contribution in [0, 0.1) is 0 Å². The number of rotatable bonds is 5. The minimum atomic E-state index is 0.0955. The van der Waals surface area contributed by atoms with Gasteiger partial charge < -0.3 is 10.0 Å². The molecule has 1 saturated carbocycles. The molecule has 0 unspecified atom stereocenters. The Morgan fingerprint density at radius 2 is 2.05 bits per heavy atom. The van der Waals surface area contributed by atoms with Crippen LogP contribution in [0.25, 0.3) is 0 Å². The molecule has 0 atom stereocenters. The summed E-state index contributed by atoms with van der Waals surface area (Å²) in [5, 5.41) is 11.2. The first-order valence-corrected chi connectivity index (χ1v) is 7.93. The fourth-order valence-corrected chi connectivity index (χ4v) is 3.33. The average molecular weight is 309 g/mol. The van der Waals surface area contributed by atoms with Crippen LogP contribution in [-0.4, -0.2) is 17.1 Å². The molecule has 1 aliphatic carbocycles. The van der Waals surface area contributed by atoms with Gasteiger partial charge in [-0.15, -0.1) is 0 Å². The van der Waals surface area contributed by atoms with Crippen LogP contribution in [0.1, 0.15) is 34.9 Å². The molecule has 20 heavy (non-hydrogen) atoms. The summed E-state index contributed by atoms with van der Waals surface area (Å²) < 4.78 is 0. The predicted octanol–water partition coefficient (Wildman–Crippen LogP) is 3.80. The summed E-state index contributed by atoms with van der Waals surface area (Å²) in [4.78, 5) is 7.86. The van der Waals surface area contributed by atoms with Crippen LogP contribution in [0.5, 0.6) is 0 Å². The highest BCUT2D eigenvalue weighted by molar-refractivity contribution is 7.15. The first kappa shape index (κ1) is 13.9. The molecule has 1 aromatic carbocycles. The number of hydrogen-bond donors (Lipinski definition) is 1. The van der Waals surface area contributed by atoms with Crippen molar-refractivity contribution in [3.63, 3.8) is 0 Å². The highest BCUT2D eigenvalue weighted by Crippen LogP contribution is 2.44. The molecule has 0 aliphatic heterocycles. The third kappa shape index (κ3) is 2.97. The summed E-state index contributed by atoms with van der Waals surface area (Å²) in [6.07, 6.45) is 2.41.